The predicted octanol–water partition coefficient (Wildman–Crippen LogP) is 4.30. The third-order valence-corrected chi connectivity index (χ3v) is 3.33. The van der Waals surface area contributed by atoms with Crippen LogP contribution in [-0.4, -0.2) is 18.8 Å². The third kappa shape index (κ3) is 4.40. The molecule has 1 atom stereocenters. The number of carbonyl (C=O) groups is 1. The van der Waals surface area contributed by atoms with Gasteiger partial charge in [0.15, 0.2) is 6.23 Å². The second kappa shape index (κ2) is 7.71. The number of amides is 2. The molecule has 1 unspecified atom stereocenters. The summed E-state index contributed by atoms with van der Waals surface area (Å²) < 4.78 is 5.65. The highest BCUT2D eigenvalue weighted by Crippen LogP contribution is 2.17. The normalized spacial score (nSPS) is 11.6. The van der Waals surface area contributed by atoms with Gasteiger partial charge in [-0.15, -0.1) is 0 Å². The summed E-state index contributed by atoms with van der Waals surface area (Å²) in [6.07, 6.45) is -0.452. The van der Waals surface area contributed by atoms with Crippen LogP contribution in [0.5, 0.6) is 5.75 Å². The van der Waals surface area contributed by atoms with Crippen LogP contribution in [0.4, 0.5) is 10.5 Å². The molecule has 0 fully saturated rings. The van der Waals surface area contributed by atoms with Gasteiger partial charge in [0.2, 0.25) is 0 Å². The SMILES string of the molecule is CCN(C(=O)NC(C)Oc1ccc(Cl)cc1)c1ccccc1. The van der Waals surface area contributed by atoms with Gasteiger partial charge in [0.25, 0.3) is 0 Å². The van der Waals surface area contributed by atoms with Gasteiger partial charge in [-0.1, -0.05) is 29.8 Å². The van der Waals surface area contributed by atoms with Crippen molar-refractivity contribution in [3.63, 3.8) is 0 Å². The van der Waals surface area contributed by atoms with E-state index < -0.39 is 6.23 Å². The summed E-state index contributed by atoms with van der Waals surface area (Å²) in [5, 5.41) is 3.47. The molecule has 22 heavy (non-hydrogen) atoms. The number of halogens is 1. The number of rotatable bonds is 5. The number of hydrogen-bond acceptors (Lipinski definition) is 2. The minimum atomic E-state index is -0.452. The Morgan fingerprint density at radius 1 is 1.18 bits per heavy atom. The van der Waals surface area contributed by atoms with Crippen molar-refractivity contribution in [1.29, 1.82) is 0 Å². The lowest BCUT2D eigenvalue weighted by Crippen LogP contribution is -2.46. The number of ether oxygens (including phenoxy) is 1. The molecule has 0 aliphatic rings. The first kappa shape index (κ1) is 16.2. The minimum Gasteiger partial charge on any atom is -0.471 e. The number of nitrogens with one attached hydrogen (secondary N) is 1. The van der Waals surface area contributed by atoms with E-state index >= 15 is 0 Å². The number of nitrogens with zero attached hydrogens (tertiary/aromatic N) is 1. The van der Waals surface area contributed by atoms with E-state index in [9.17, 15) is 4.79 Å². The van der Waals surface area contributed by atoms with Crippen molar-refractivity contribution in [3.05, 3.63) is 59.6 Å². The van der Waals surface area contributed by atoms with Crippen molar-refractivity contribution < 1.29 is 9.53 Å². The molecule has 0 saturated heterocycles. The van der Waals surface area contributed by atoms with Crippen molar-refractivity contribution >= 4 is 23.3 Å². The number of benzene rings is 2. The molecule has 0 aromatic heterocycles. The first-order valence-electron chi connectivity index (χ1n) is 7.15. The Bertz CT molecular complexity index is 602. The van der Waals surface area contributed by atoms with Crippen molar-refractivity contribution in [2.45, 2.75) is 20.1 Å². The Labute approximate surface area is 135 Å². The Morgan fingerprint density at radius 2 is 1.82 bits per heavy atom. The zero-order chi connectivity index (χ0) is 15.9. The molecule has 0 spiro atoms. The largest absolute Gasteiger partial charge is 0.471 e. The lowest BCUT2D eigenvalue weighted by molar-refractivity contribution is 0.180. The summed E-state index contributed by atoms with van der Waals surface area (Å²) in [4.78, 5) is 14.0. The van der Waals surface area contributed by atoms with Gasteiger partial charge in [-0.05, 0) is 50.2 Å². The van der Waals surface area contributed by atoms with Gasteiger partial charge < -0.3 is 10.1 Å². The molecule has 116 valence electrons. The molecular weight excluding hydrogens is 300 g/mol. The van der Waals surface area contributed by atoms with Crippen LogP contribution < -0.4 is 15.0 Å². The number of anilines is 1. The maximum Gasteiger partial charge on any atom is 0.324 e. The number of para-hydroxylation sites is 1. The maximum atomic E-state index is 12.3. The topological polar surface area (TPSA) is 41.6 Å². The number of carbonyl (C=O) groups excluding carboxylic acids is 1. The molecule has 2 aromatic carbocycles. The standard InChI is InChI=1S/C17H19ClN2O2/c1-3-20(15-7-5-4-6-8-15)17(21)19-13(2)22-16-11-9-14(18)10-12-16/h4-13H,3H2,1-2H3,(H,19,21). The van der Waals surface area contributed by atoms with Crippen LogP contribution in [0.15, 0.2) is 54.6 Å². The summed E-state index contributed by atoms with van der Waals surface area (Å²) in [5.41, 5.74) is 0.848. The van der Waals surface area contributed by atoms with Crippen LogP contribution >= 0.6 is 11.6 Å². The zero-order valence-corrected chi connectivity index (χ0v) is 13.4. The van der Waals surface area contributed by atoms with Gasteiger partial charge in [-0.25, -0.2) is 4.79 Å². The third-order valence-electron chi connectivity index (χ3n) is 3.08. The van der Waals surface area contributed by atoms with Crippen LogP contribution in [-0.2, 0) is 0 Å². The highest BCUT2D eigenvalue weighted by molar-refractivity contribution is 6.30. The molecule has 5 heteroatoms. The molecule has 2 aromatic rings. The quantitative estimate of drug-likeness (QED) is 0.835. The summed E-state index contributed by atoms with van der Waals surface area (Å²) in [6.45, 7) is 4.28. The van der Waals surface area contributed by atoms with Crippen molar-refractivity contribution in [3.8, 4) is 5.75 Å². The Morgan fingerprint density at radius 3 is 2.41 bits per heavy atom. The molecule has 4 nitrogen and oxygen atoms in total. The number of urea groups is 1. The molecule has 0 heterocycles. The molecule has 2 rings (SSSR count). The molecular formula is C17H19ClN2O2. The lowest BCUT2D eigenvalue weighted by atomic mass is 10.3. The van der Waals surface area contributed by atoms with Crippen LogP contribution in [0.25, 0.3) is 0 Å². The first-order chi connectivity index (χ1) is 10.6. The fourth-order valence-corrected chi connectivity index (χ4v) is 2.18. The Balaban J connectivity index is 1.96. The maximum absolute atomic E-state index is 12.3. The van der Waals surface area contributed by atoms with Crippen molar-refractivity contribution in [1.82, 2.24) is 5.32 Å². The lowest BCUT2D eigenvalue weighted by Gasteiger charge is -2.24. The van der Waals surface area contributed by atoms with Crippen LogP contribution in [0.2, 0.25) is 5.02 Å². The van der Waals surface area contributed by atoms with E-state index in [2.05, 4.69) is 5.32 Å². The van der Waals surface area contributed by atoms with E-state index in [1.165, 1.54) is 0 Å². The fraction of sp³-hybridized carbons (Fsp3) is 0.235. The highest BCUT2D eigenvalue weighted by atomic mass is 35.5. The molecule has 0 radical (unpaired) electrons. The molecule has 0 bridgehead atoms. The highest BCUT2D eigenvalue weighted by Gasteiger charge is 2.16. The molecule has 1 N–H and O–H groups in total. The molecule has 0 aliphatic heterocycles. The van der Waals surface area contributed by atoms with E-state index in [1.54, 1.807) is 36.1 Å². The summed E-state index contributed by atoms with van der Waals surface area (Å²) in [5.74, 6) is 0.653. The van der Waals surface area contributed by atoms with Crippen LogP contribution in [0, 0.1) is 0 Å². The van der Waals surface area contributed by atoms with Gasteiger partial charge >= 0.3 is 6.03 Å². The monoisotopic (exact) mass is 318 g/mol. The van der Waals surface area contributed by atoms with Gasteiger partial charge in [0.1, 0.15) is 5.75 Å². The van der Waals surface area contributed by atoms with E-state index in [1.807, 2.05) is 37.3 Å². The van der Waals surface area contributed by atoms with Gasteiger partial charge in [0, 0.05) is 17.3 Å². The Hall–Kier alpha value is -2.20. The fourth-order valence-electron chi connectivity index (χ4n) is 2.05. The second-order valence-electron chi connectivity index (χ2n) is 4.74. The average molecular weight is 319 g/mol. The number of hydrogen-bond donors (Lipinski definition) is 1. The predicted molar refractivity (Wildman–Crippen MR) is 89.5 cm³/mol. The summed E-state index contributed by atoms with van der Waals surface area (Å²) in [6, 6.07) is 16.3. The summed E-state index contributed by atoms with van der Waals surface area (Å²) in [7, 11) is 0. The second-order valence-corrected chi connectivity index (χ2v) is 5.18. The Kier molecular flexibility index (Phi) is 5.67. The van der Waals surface area contributed by atoms with Crippen LogP contribution in [0.3, 0.4) is 0 Å². The van der Waals surface area contributed by atoms with Gasteiger partial charge in [-0.2, -0.15) is 0 Å². The molecule has 2 amide bonds. The van der Waals surface area contributed by atoms with Gasteiger partial charge in [0.05, 0.1) is 0 Å². The molecule has 0 saturated carbocycles. The minimum absolute atomic E-state index is 0.199. The first-order valence-corrected chi connectivity index (χ1v) is 7.53. The van der Waals surface area contributed by atoms with Crippen molar-refractivity contribution in [2.24, 2.45) is 0 Å². The van der Waals surface area contributed by atoms with Gasteiger partial charge in [-0.3, -0.25) is 4.90 Å². The molecule has 0 aliphatic carbocycles. The smallest absolute Gasteiger partial charge is 0.324 e. The van der Waals surface area contributed by atoms with E-state index in [0.29, 0.717) is 17.3 Å². The zero-order valence-electron chi connectivity index (χ0n) is 12.6. The van der Waals surface area contributed by atoms with Crippen molar-refractivity contribution in [2.75, 3.05) is 11.4 Å². The average Bonchev–Trinajstić information content (AvgIpc) is 2.51. The van der Waals surface area contributed by atoms with E-state index in [0.717, 1.165) is 5.69 Å². The van der Waals surface area contributed by atoms with Crippen LogP contribution in [0.1, 0.15) is 13.8 Å². The summed E-state index contributed by atoms with van der Waals surface area (Å²) >= 11 is 5.83. The van der Waals surface area contributed by atoms with E-state index in [-0.39, 0.29) is 6.03 Å². The van der Waals surface area contributed by atoms with E-state index in [4.69, 9.17) is 16.3 Å².